The summed E-state index contributed by atoms with van der Waals surface area (Å²) in [5.41, 5.74) is -0.397. The number of aliphatic hydroxyl groups excluding tert-OH is 1. The maximum Gasteiger partial charge on any atom is 0.435 e. The van der Waals surface area contributed by atoms with Crippen LogP contribution >= 0.6 is 0 Å². The number of hydrogen-bond acceptors (Lipinski definition) is 5. The topological polar surface area (TPSA) is 76.7 Å². The Hall–Kier alpha value is -2.03. The van der Waals surface area contributed by atoms with Crippen molar-refractivity contribution in [3.05, 3.63) is 23.5 Å². The summed E-state index contributed by atoms with van der Waals surface area (Å²) in [4.78, 5) is 0. The molecule has 9 heteroatoms. The summed E-state index contributed by atoms with van der Waals surface area (Å²) in [5, 5.41) is 23.0. The first-order valence-electron chi connectivity index (χ1n) is 4.84. The van der Waals surface area contributed by atoms with Crippen LogP contribution in [0.15, 0.2) is 12.1 Å². The minimum Gasteiger partial charge on any atom is -0.390 e. The summed E-state index contributed by atoms with van der Waals surface area (Å²) in [6.45, 7) is -0.346. The van der Waals surface area contributed by atoms with Gasteiger partial charge in [0.2, 0.25) is 0 Å². The number of aliphatic hydroxyl groups is 1. The molecule has 2 rings (SSSR count). The average molecular weight is 259 g/mol. The van der Waals surface area contributed by atoms with Crippen molar-refractivity contribution in [2.24, 2.45) is 7.05 Å². The lowest BCUT2D eigenvalue weighted by atomic mass is 10.2. The van der Waals surface area contributed by atoms with Gasteiger partial charge in [-0.1, -0.05) is 5.21 Å². The second kappa shape index (κ2) is 4.33. The van der Waals surface area contributed by atoms with Gasteiger partial charge in [-0.3, -0.25) is 0 Å². The first-order chi connectivity index (χ1) is 8.43. The summed E-state index contributed by atoms with van der Waals surface area (Å²) in [7, 11) is 1.56. The number of rotatable bonds is 2. The van der Waals surface area contributed by atoms with Gasteiger partial charge in [-0.2, -0.15) is 13.2 Å². The minimum atomic E-state index is -4.53. The van der Waals surface area contributed by atoms with Crippen LogP contribution in [0.5, 0.6) is 0 Å². The molecule has 0 spiro atoms. The molecular weight excluding hydrogens is 251 g/mol. The van der Waals surface area contributed by atoms with Gasteiger partial charge in [-0.25, -0.2) is 4.68 Å². The van der Waals surface area contributed by atoms with E-state index in [1.807, 2.05) is 0 Å². The van der Waals surface area contributed by atoms with E-state index in [0.29, 0.717) is 5.69 Å². The molecule has 0 fully saturated rings. The van der Waals surface area contributed by atoms with Crippen LogP contribution in [-0.4, -0.2) is 30.3 Å². The van der Waals surface area contributed by atoms with E-state index in [4.69, 9.17) is 5.11 Å². The number of aromatic nitrogens is 5. The van der Waals surface area contributed by atoms with Crippen LogP contribution in [0.3, 0.4) is 0 Å². The second-order valence-corrected chi connectivity index (χ2v) is 3.47. The van der Waals surface area contributed by atoms with Gasteiger partial charge in [-0.05, 0) is 12.1 Å². The van der Waals surface area contributed by atoms with Gasteiger partial charge in [0.25, 0.3) is 0 Å². The third-order valence-electron chi connectivity index (χ3n) is 2.29. The van der Waals surface area contributed by atoms with Gasteiger partial charge in [0.1, 0.15) is 11.4 Å². The standard InChI is InChI=1S/C9H8F3N5O/c1-17-6(4-18)8(15-16-17)5-2-3-7(14-13-5)9(10,11)12/h2-3,18H,4H2,1H3. The van der Waals surface area contributed by atoms with Crippen molar-refractivity contribution in [1.29, 1.82) is 0 Å². The molecule has 0 amide bonds. The first-order valence-corrected chi connectivity index (χ1v) is 4.84. The normalized spacial score (nSPS) is 11.8. The van der Waals surface area contributed by atoms with Gasteiger partial charge in [-0.15, -0.1) is 15.3 Å². The number of nitrogens with zero attached hydrogens (tertiary/aromatic N) is 5. The minimum absolute atomic E-state index is 0.125. The van der Waals surface area contributed by atoms with Gasteiger partial charge in [0.15, 0.2) is 5.69 Å². The summed E-state index contributed by atoms with van der Waals surface area (Å²) >= 11 is 0. The molecule has 6 nitrogen and oxygen atoms in total. The molecule has 0 aliphatic heterocycles. The Morgan fingerprint density at radius 1 is 1.22 bits per heavy atom. The number of halogens is 3. The Labute approximate surface area is 99.1 Å². The Balaban J connectivity index is 2.40. The Morgan fingerprint density at radius 2 is 1.94 bits per heavy atom. The molecule has 2 heterocycles. The van der Waals surface area contributed by atoms with Crippen LogP contribution in [0.25, 0.3) is 11.4 Å². The fourth-order valence-electron chi connectivity index (χ4n) is 1.36. The largest absolute Gasteiger partial charge is 0.435 e. The SMILES string of the molecule is Cn1nnc(-c2ccc(C(F)(F)F)nn2)c1CO. The third kappa shape index (κ3) is 2.16. The Bertz CT molecular complexity index is 548. The van der Waals surface area contributed by atoms with Crippen LogP contribution in [0.4, 0.5) is 13.2 Å². The van der Waals surface area contributed by atoms with Gasteiger partial charge in [0.05, 0.1) is 12.3 Å². The lowest BCUT2D eigenvalue weighted by Gasteiger charge is -2.04. The summed E-state index contributed by atoms with van der Waals surface area (Å²) in [6, 6.07) is 1.94. The highest BCUT2D eigenvalue weighted by Crippen LogP contribution is 2.28. The van der Waals surface area contributed by atoms with E-state index >= 15 is 0 Å². The molecule has 0 aliphatic carbocycles. The van der Waals surface area contributed by atoms with Crippen molar-refractivity contribution in [2.45, 2.75) is 12.8 Å². The first kappa shape index (κ1) is 12.4. The van der Waals surface area contributed by atoms with E-state index in [-0.39, 0.29) is 18.0 Å². The molecular formula is C9H8F3N5O. The molecule has 0 unspecified atom stereocenters. The number of hydrogen-bond donors (Lipinski definition) is 1. The summed E-state index contributed by atoms with van der Waals surface area (Å²) < 4.78 is 38.2. The molecule has 0 saturated heterocycles. The molecule has 0 aliphatic rings. The molecule has 2 aromatic rings. The van der Waals surface area contributed by atoms with Crippen LogP contribution in [-0.2, 0) is 19.8 Å². The van der Waals surface area contributed by atoms with Crippen LogP contribution in [0, 0.1) is 0 Å². The molecule has 0 saturated carbocycles. The molecule has 0 atom stereocenters. The molecule has 96 valence electrons. The predicted octanol–water partition coefficient (Wildman–Crippen LogP) is 0.783. The van der Waals surface area contributed by atoms with Crippen LogP contribution in [0.2, 0.25) is 0 Å². The maximum atomic E-state index is 12.3. The van der Waals surface area contributed by atoms with Gasteiger partial charge >= 0.3 is 6.18 Å². The summed E-state index contributed by atoms with van der Waals surface area (Å²) in [6.07, 6.45) is -4.53. The van der Waals surface area contributed by atoms with E-state index in [2.05, 4.69) is 20.5 Å². The van der Waals surface area contributed by atoms with Crippen molar-refractivity contribution in [3.63, 3.8) is 0 Å². The molecule has 1 N–H and O–H groups in total. The van der Waals surface area contributed by atoms with Crippen molar-refractivity contribution in [2.75, 3.05) is 0 Å². The van der Waals surface area contributed by atoms with Crippen molar-refractivity contribution >= 4 is 0 Å². The van der Waals surface area contributed by atoms with E-state index in [1.165, 1.54) is 4.68 Å². The lowest BCUT2D eigenvalue weighted by Crippen LogP contribution is -2.09. The highest BCUT2D eigenvalue weighted by Gasteiger charge is 2.33. The van der Waals surface area contributed by atoms with Crippen molar-refractivity contribution < 1.29 is 18.3 Å². The van der Waals surface area contributed by atoms with Gasteiger partial charge in [0, 0.05) is 7.05 Å². The van der Waals surface area contributed by atoms with Crippen molar-refractivity contribution in [3.8, 4) is 11.4 Å². The Morgan fingerprint density at radius 3 is 2.44 bits per heavy atom. The van der Waals surface area contributed by atoms with Crippen LogP contribution < -0.4 is 0 Å². The van der Waals surface area contributed by atoms with Crippen LogP contribution in [0.1, 0.15) is 11.4 Å². The zero-order valence-electron chi connectivity index (χ0n) is 9.18. The fourth-order valence-corrected chi connectivity index (χ4v) is 1.36. The molecule has 2 aromatic heterocycles. The number of alkyl halides is 3. The number of aryl methyl sites for hydroxylation is 1. The zero-order valence-corrected chi connectivity index (χ0v) is 9.18. The van der Waals surface area contributed by atoms with E-state index < -0.39 is 11.9 Å². The predicted molar refractivity (Wildman–Crippen MR) is 53.0 cm³/mol. The maximum absolute atomic E-state index is 12.3. The van der Waals surface area contributed by atoms with Crippen molar-refractivity contribution in [1.82, 2.24) is 25.2 Å². The smallest absolute Gasteiger partial charge is 0.390 e. The highest BCUT2D eigenvalue weighted by molar-refractivity contribution is 5.55. The Kier molecular flexibility index (Phi) is 2.99. The zero-order chi connectivity index (χ0) is 13.3. The van der Waals surface area contributed by atoms with Gasteiger partial charge < -0.3 is 5.11 Å². The highest BCUT2D eigenvalue weighted by atomic mass is 19.4. The molecule has 18 heavy (non-hydrogen) atoms. The summed E-state index contributed by atoms with van der Waals surface area (Å²) in [5.74, 6) is 0. The van der Waals surface area contributed by atoms with E-state index in [0.717, 1.165) is 12.1 Å². The second-order valence-electron chi connectivity index (χ2n) is 3.47. The fraction of sp³-hybridized carbons (Fsp3) is 0.333. The lowest BCUT2D eigenvalue weighted by molar-refractivity contribution is -0.141. The molecule has 0 radical (unpaired) electrons. The van der Waals surface area contributed by atoms with E-state index in [1.54, 1.807) is 7.05 Å². The monoisotopic (exact) mass is 259 g/mol. The molecule has 0 aromatic carbocycles. The van der Waals surface area contributed by atoms with E-state index in [9.17, 15) is 13.2 Å². The third-order valence-corrected chi connectivity index (χ3v) is 2.29. The molecule has 0 bridgehead atoms. The average Bonchev–Trinajstić information content (AvgIpc) is 2.69. The quantitative estimate of drug-likeness (QED) is 0.862.